The van der Waals surface area contributed by atoms with Crippen molar-refractivity contribution in [2.24, 2.45) is 5.92 Å². The van der Waals surface area contributed by atoms with Crippen molar-refractivity contribution in [1.29, 1.82) is 0 Å². The maximum absolute atomic E-state index is 12.1. The van der Waals surface area contributed by atoms with E-state index in [0.29, 0.717) is 0 Å². The summed E-state index contributed by atoms with van der Waals surface area (Å²) in [6.07, 6.45) is 3.64. The number of rotatable bonds is 5. The molecule has 1 aromatic carbocycles. The number of piperidine rings is 1. The number of carbonyl (C=O) groups is 1. The normalized spacial score (nSPS) is 16.9. The molecule has 21 heavy (non-hydrogen) atoms. The Bertz CT molecular complexity index is 461. The molecular weight excluding hydrogens is 328 g/mol. The van der Waals surface area contributed by atoms with Gasteiger partial charge in [0.2, 0.25) is 0 Å². The molecule has 0 unspecified atom stereocenters. The summed E-state index contributed by atoms with van der Waals surface area (Å²) in [5, 5.41) is 3.02. The number of aryl methyl sites for hydroxylation is 1. The van der Waals surface area contributed by atoms with Gasteiger partial charge in [-0.25, -0.2) is 0 Å². The summed E-state index contributed by atoms with van der Waals surface area (Å²) in [4.78, 5) is 14.6. The number of halogens is 1. The van der Waals surface area contributed by atoms with Crippen molar-refractivity contribution >= 4 is 21.8 Å². The van der Waals surface area contributed by atoms with Crippen molar-refractivity contribution in [3.05, 3.63) is 33.8 Å². The second-order valence-electron chi connectivity index (χ2n) is 6.15. The highest BCUT2D eigenvalue weighted by Gasteiger charge is 2.15. The fraction of sp³-hybridized carbons (Fsp3) is 0.588. The second-order valence-corrected chi connectivity index (χ2v) is 7.07. The molecule has 4 heteroatoms. The molecule has 1 aliphatic rings. The zero-order valence-corrected chi connectivity index (χ0v) is 14.6. The molecule has 0 aliphatic carbocycles. The van der Waals surface area contributed by atoms with Crippen LogP contribution in [-0.4, -0.2) is 37.0 Å². The predicted molar refractivity (Wildman–Crippen MR) is 90.7 cm³/mol. The van der Waals surface area contributed by atoms with E-state index in [9.17, 15) is 4.79 Å². The van der Waals surface area contributed by atoms with Crippen LogP contribution in [-0.2, 0) is 0 Å². The lowest BCUT2D eigenvalue weighted by Gasteiger charge is -2.30. The Kier molecular flexibility index (Phi) is 6.24. The number of hydrogen-bond donors (Lipinski definition) is 1. The van der Waals surface area contributed by atoms with Crippen molar-refractivity contribution < 1.29 is 4.79 Å². The number of nitrogens with zero attached hydrogens (tertiary/aromatic N) is 1. The van der Waals surface area contributed by atoms with Crippen LogP contribution in [0, 0.1) is 12.8 Å². The molecule has 0 saturated carbocycles. The van der Waals surface area contributed by atoms with Crippen molar-refractivity contribution in [3.63, 3.8) is 0 Å². The first kappa shape index (κ1) is 16.5. The van der Waals surface area contributed by atoms with Gasteiger partial charge in [0, 0.05) is 16.6 Å². The molecule has 0 aromatic heterocycles. The minimum Gasteiger partial charge on any atom is -0.352 e. The fourth-order valence-electron chi connectivity index (χ4n) is 2.76. The van der Waals surface area contributed by atoms with Crippen LogP contribution in [0.1, 0.15) is 42.1 Å². The van der Waals surface area contributed by atoms with Gasteiger partial charge in [0.15, 0.2) is 0 Å². The molecule has 1 heterocycles. The highest BCUT2D eigenvalue weighted by Crippen LogP contribution is 2.16. The molecule has 1 fully saturated rings. The van der Waals surface area contributed by atoms with Crippen LogP contribution >= 0.6 is 15.9 Å². The lowest BCUT2D eigenvalue weighted by atomic mass is 9.99. The van der Waals surface area contributed by atoms with E-state index in [1.165, 1.54) is 25.9 Å². The zero-order chi connectivity index (χ0) is 15.2. The van der Waals surface area contributed by atoms with Gasteiger partial charge in [0.05, 0.1) is 0 Å². The molecule has 1 aliphatic heterocycles. The summed E-state index contributed by atoms with van der Waals surface area (Å²) in [6, 6.07) is 5.80. The van der Waals surface area contributed by atoms with E-state index >= 15 is 0 Å². The lowest BCUT2D eigenvalue weighted by Crippen LogP contribution is -2.35. The Balaban J connectivity index is 1.69. The molecular formula is C17H25BrN2O. The van der Waals surface area contributed by atoms with Crippen LogP contribution < -0.4 is 5.32 Å². The molecule has 1 N–H and O–H groups in total. The van der Waals surface area contributed by atoms with Gasteiger partial charge in [0.1, 0.15) is 0 Å². The summed E-state index contributed by atoms with van der Waals surface area (Å²) < 4.78 is 0.954. The highest BCUT2D eigenvalue weighted by molar-refractivity contribution is 9.10. The number of amides is 1. The van der Waals surface area contributed by atoms with Gasteiger partial charge in [-0.05, 0) is 75.5 Å². The maximum atomic E-state index is 12.1. The third kappa shape index (κ3) is 5.44. The first-order valence-corrected chi connectivity index (χ1v) is 8.61. The van der Waals surface area contributed by atoms with Crippen molar-refractivity contribution in [3.8, 4) is 0 Å². The van der Waals surface area contributed by atoms with Crippen LogP contribution in [0.5, 0.6) is 0 Å². The van der Waals surface area contributed by atoms with E-state index in [1.807, 2.05) is 25.1 Å². The first-order valence-electron chi connectivity index (χ1n) is 7.82. The van der Waals surface area contributed by atoms with E-state index in [4.69, 9.17) is 0 Å². The van der Waals surface area contributed by atoms with E-state index < -0.39 is 0 Å². The number of hydrogen-bond acceptors (Lipinski definition) is 2. The summed E-state index contributed by atoms with van der Waals surface area (Å²) in [5.74, 6) is 0.896. The highest BCUT2D eigenvalue weighted by atomic mass is 79.9. The summed E-state index contributed by atoms with van der Waals surface area (Å²) >= 11 is 3.43. The molecule has 0 bridgehead atoms. The number of carbonyl (C=O) groups excluding carboxylic acids is 1. The van der Waals surface area contributed by atoms with Crippen LogP contribution in [0.3, 0.4) is 0 Å². The Morgan fingerprint density at radius 3 is 2.71 bits per heavy atom. The Labute approximate surface area is 136 Å². The Hall–Kier alpha value is -0.870. The molecule has 1 aromatic rings. The topological polar surface area (TPSA) is 32.3 Å². The first-order chi connectivity index (χ1) is 10.0. The van der Waals surface area contributed by atoms with Gasteiger partial charge in [-0.1, -0.05) is 22.9 Å². The quantitative estimate of drug-likeness (QED) is 0.821. The summed E-state index contributed by atoms with van der Waals surface area (Å²) in [6.45, 7) is 8.58. The average molecular weight is 353 g/mol. The lowest BCUT2D eigenvalue weighted by molar-refractivity contribution is 0.0950. The molecule has 0 radical (unpaired) electrons. The zero-order valence-electron chi connectivity index (χ0n) is 13.0. The maximum Gasteiger partial charge on any atom is 0.251 e. The SMILES string of the molecule is Cc1cc(Br)cc(C(=O)NCCCN2CCC(C)CC2)c1. The van der Waals surface area contributed by atoms with Crippen LogP contribution in [0.25, 0.3) is 0 Å². The summed E-state index contributed by atoms with van der Waals surface area (Å²) in [5.41, 5.74) is 1.82. The van der Waals surface area contributed by atoms with Crippen molar-refractivity contribution in [2.75, 3.05) is 26.2 Å². The smallest absolute Gasteiger partial charge is 0.251 e. The monoisotopic (exact) mass is 352 g/mol. The molecule has 3 nitrogen and oxygen atoms in total. The standard InChI is InChI=1S/C17H25BrN2O/c1-13-4-8-20(9-5-13)7-3-6-19-17(21)15-10-14(2)11-16(18)12-15/h10-13H,3-9H2,1-2H3,(H,19,21). The predicted octanol–water partition coefficient (Wildman–Crippen LogP) is 3.61. The third-order valence-corrected chi connectivity index (χ3v) is 4.58. The van der Waals surface area contributed by atoms with Gasteiger partial charge in [-0.15, -0.1) is 0 Å². The molecule has 1 saturated heterocycles. The minimum atomic E-state index is 0.0201. The second kappa shape index (κ2) is 7.95. The number of likely N-dealkylation sites (tertiary alicyclic amines) is 1. The van der Waals surface area contributed by atoms with E-state index in [2.05, 4.69) is 33.1 Å². The van der Waals surface area contributed by atoms with Crippen LogP contribution in [0.15, 0.2) is 22.7 Å². The Morgan fingerprint density at radius 2 is 2.05 bits per heavy atom. The number of benzene rings is 1. The van der Waals surface area contributed by atoms with E-state index in [1.54, 1.807) is 0 Å². The molecule has 2 rings (SSSR count). The van der Waals surface area contributed by atoms with Crippen LogP contribution in [0.2, 0.25) is 0 Å². The van der Waals surface area contributed by atoms with Gasteiger partial charge in [-0.2, -0.15) is 0 Å². The summed E-state index contributed by atoms with van der Waals surface area (Å²) in [7, 11) is 0. The Morgan fingerprint density at radius 1 is 1.33 bits per heavy atom. The third-order valence-electron chi connectivity index (χ3n) is 4.12. The van der Waals surface area contributed by atoms with Gasteiger partial charge < -0.3 is 10.2 Å². The van der Waals surface area contributed by atoms with Crippen molar-refractivity contribution in [1.82, 2.24) is 10.2 Å². The largest absolute Gasteiger partial charge is 0.352 e. The average Bonchev–Trinajstić information content (AvgIpc) is 2.44. The van der Waals surface area contributed by atoms with Gasteiger partial charge in [0.25, 0.3) is 5.91 Å². The van der Waals surface area contributed by atoms with Gasteiger partial charge in [-0.3, -0.25) is 4.79 Å². The molecule has 116 valence electrons. The van der Waals surface area contributed by atoms with Gasteiger partial charge >= 0.3 is 0 Å². The van der Waals surface area contributed by atoms with E-state index in [-0.39, 0.29) is 5.91 Å². The van der Waals surface area contributed by atoms with Crippen LogP contribution in [0.4, 0.5) is 0 Å². The minimum absolute atomic E-state index is 0.0201. The molecule has 1 amide bonds. The fourth-order valence-corrected chi connectivity index (χ4v) is 3.37. The number of nitrogens with one attached hydrogen (secondary N) is 1. The molecule has 0 atom stereocenters. The van der Waals surface area contributed by atoms with E-state index in [0.717, 1.165) is 41.0 Å². The van der Waals surface area contributed by atoms with Crippen molar-refractivity contribution in [2.45, 2.75) is 33.1 Å². The molecule has 0 spiro atoms.